The number of benzene rings is 2. The molecule has 0 spiro atoms. The Hall–Kier alpha value is -4.08. The summed E-state index contributed by atoms with van der Waals surface area (Å²) >= 11 is 0. The van der Waals surface area contributed by atoms with E-state index in [2.05, 4.69) is 17.6 Å². The van der Waals surface area contributed by atoms with Crippen LogP contribution in [0.25, 0.3) is 0 Å². The third-order valence-corrected chi connectivity index (χ3v) is 7.20. The van der Waals surface area contributed by atoms with E-state index in [0.717, 1.165) is 37.7 Å². The molecule has 3 atom stereocenters. The molecule has 3 unspecified atom stereocenters. The van der Waals surface area contributed by atoms with Crippen molar-refractivity contribution in [3.05, 3.63) is 65.7 Å². The molecule has 0 bridgehead atoms. The molecule has 3 amide bonds. The summed E-state index contributed by atoms with van der Waals surface area (Å²) in [5.74, 6) is -1.69. The molecule has 2 rings (SSSR count). The predicted molar refractivity (Wildman–Crippen MR) is 183 cm³/mol. The van der Waals surface area contributed by atoms with Gasteiger partial charge in [-0.15, -0.1) is 0 Å². The molecule has 0 heterocycles. The summed E-state index contributed by atoms with van der Waals surface area (Å²) in [5.41, 5.74) is -0.309. The lowest BCUT2D eigenvalue weighted by atomic mass is 10.00. The first kappa shape index (κ1) is 39.1. The highest BCUT2D eigenvalue weighted by Gasteiger charge is 2.37. The summed E-state index contributed by atoms with van der Waals surface area (Å²) in [6, 6.07) is 12.1. The number of phenols is 1. The van der Waals surface area contributed by atoms with Crippen LogP contribution >= 0.6 is 0 Å². The number of amides is 3. The second kappa shape index (κ2) is 18.3. The van der Waals surface area contributed by atoms with Crippen molar-refractivity contribution in [2.75, 3.05) is 6.54 Å². The standard InChI is InChI=1S/C37H55N3O7/c1-9-10-11-12-13-17-24-40(33(43)26(2)38-35(45)47-37(6,7)8)31(28-20-22-29(41)23-21-28)32(42)39-30(34(44)46-36(3,4)5)25-27-18-15-14-16-19-27/h14-16,18-23,26,30-31,41H,9-13,17,24-25H2,1-8H3,(H,38,45)(H,39,42). The van der Waals surface area contributed by atoms with Gasteiger partial charge < -0.3 is 30.1 Å². The van der Waals surface area contributed by atoms with Gasteiger partial charge in [0.1, 0.15) is 35.1 Å². The molecule has 0 saturated carbocycles. The van der Waals surface area contributed by atoms with Crippen LogP contribution in [0.3, 0.4) is 0 Å². The van der Waals surface area contributed by atoms with Crippen LogP contribution in [0.5, 0.6) is 5.75 Å². The molecule has 0 radical (unpaired) electrons. The summed E-state index contributed by atoms with van der Waals surface area (Å²) in [6.07, 6.45) is 5.15. The monoisotopic (exact) mass is 653 g/mol. The van der Waals surface area contributed by atoms with Crippen LogP contribution in [0.1, 0.15) is 111 Å². The van der Waals surface area contributed by atoms with E-state index in [-0.39, 0.29) is 18.7 Å². The number of esters is 1. The van der Waals surface area contributed by atoms with Gasteiger partial charge in [0, 0.05) is 13.0 Å². The number of aromatic hydroxyl groups is 1. The average Bonchev–Trinajstić information content (AvgIpc) is 2.97. The molecule has 2 aromatic carbocycles. The molecule has 0 saturated heterocycles. The van der Waals surface area contributed by atoms with Crippen molar-refractivity contribution < 1.29 is 33.8 Å². The molecular weight excluding hydrogens is 598 g/mol. The van der Waals surface area contributed by atoms with Gasteiger partial charge in [0.15, 0.2) is 0 Å². The second-order valence-corrected chi connectivity index (χ2v) is 13.9. The minimum Gasteiger partial charge on any atom is -0.508 e. The number of phenolic OH excluding ortho intramolecular Hbond substituents is 1. The number of hydrogen-bond acceptors (Lipinski definition) is 7. The Morgan fingerprint density at radius 3 is 1.94 bits per heavy atom. The van der Waals surface area contributed by atoms with Crippen LogP contribution in [0.4, 0.5) is 4.79 Å². The van der Waals surface area contributed by atoms with Gasteiger partial charge in [0.25, 0.3) is 0 Å². The number of alkyl carbamates (subject to hydrolysis) is 1. The summed E-state index contributed by atoms with van der Waals surface area (Å²) < 4.78 is 11.1. The Morgan fingerprint density at radius 1 is 0.787 bits per heavy atom. The first-order valence-corrected chi connectivity index (χ1v) is 16.7. The van der Waals surface area contributed by atoms with Crippen molar-refractivity contribution in [3.8, 4) is 5.75 Å². The van der Waals surface area contributed by atoms with Gasteiger partial charge in [-0.25, -0.2) is 9.59 Å². The van der Waals surface area contributed by atoms with Crippen LogP contribution in [-0.2, 0) is 30.3 Å². The van der Waals surface area contributed by atoms with Crippen LogP contribution < -0.4 is 10.6 Å². The molecule has 0 aromatic heterocycles. The molecular formula is C37H55N3O7. The fraction of sp³-hybridized carbons (Fsp3) is 0.568. The fourth-order valence-corrected chi connectivity index (χ4v) is 5.02. The Bertz CT molecular complexity index is 1280. The third kappa shape index (κ3) is 14.5. The van der Waals surface area contributed by atoms with E-state index in [1.807, 2.05) is 30.3 Å². The van der Waals surface area contributed by atoms with E-state index < -0.39 is 53.2 Å². The Labute approximate surface area is 280 Å². The normalized spacial score (nSPS) is 13.5. The molecule has 2 aromatic rings. The number of carbonyl (C=O) groups is 4. The largest absolute Gasteiger partial charge is 0.508 e. The molecule has 10 nitrogen and oxygen atoms in total. The van der Waals surface area contributed by atoms with E-state index >= 15 is 0 Å². The van der Waals surface area contributed by atoms with Gasteiger partial charge in [0.05, 0.1) is 0 Å². The van der Waals surface area contributed by atoms with Gasteiger partial charge in [0.2, 0.25) is 11.8 Å². The maximum absolute atomic E-state index is 14.4. The predicted octanol–water partition coefficient (Wildman–Crippen LogP) is 6.60. The Balaban J connectivity index is 2.51. The van der Waals surface area contributed by atoms with Crippen molar-refractivity contribution in [2.24, 2.45) is 0 Å². The number of carbonyl (C=O) groups excluding carboxylic acids is 4. The van der Waals surface area contributed by atoms with Crippen LogP contribution in [0.15, 0.2) is 54.6 Å². The smallest absolute Gasteiger partial charge is 0.408 e. The van der Waals surface area contributed by atoms with Crippen LogP contribution in [-0.4, -0.2) is 63.7 Å². The minimum atomic E-state index is -1.18. The van der Waals surface area contributed by atoms with E-state index in [0.29, 0.717) is 12.0 Å². The van der Waals surface area contributed by atoms with Gasteiger partial charge in [-0.1, -0.05) is 81.5 Å². The van der Waals surface area contributed by atoms with Gasteiger partial charge in [-0.05, 0) is 78.1 Å². The summed E-state index contributed by atoms with van der Waals surface area (Å²) in [5, 5.41) is 15.5. The molecule has 10 heteroatoms. The average molecular weight is 654 g/mol. The molecule has 260 valence electrons. The first-order chi connectivity index (χ1) is 22.0. The minimum absolute atomic E-state index is 0.00243. The lowest BCUT2D eigenvalue weighted by Crippen LogP contribution is -2.54. The number of ether oxygens (including phenoxy) is 2. The first-order valence-electron chi connectivity index (χ1n) is 16.7. The molecule has 0 aliphatic heterocycles. The summed E-state index contributed by atoms with van der Waals surface area (Å²) in [7, 11) is 0. The summed E-state index contributed by atoms with van der Waals surface area (Å²) in [4.78, 5) is 56.0. The van der Waals surface area contributed by atoms with Gasteiger partial charge in [-0.2, -0.15) is 0 Å². The van der Waals surface area contributed by atoms with E-state index in [1.165, 1.54) is 17.0 Å². The maximum atomic E-state index is 14.4. The highest BCUT2D eigenvalue weighted by atomic mass is 16.6. The zero-order chi connectivity index (χ0) is 35.2. The van der Waals surface area contributed by atoms with Crippen molar-refractivity contribution in [3.63, 3.8) is 0 Å². The molecule has 0 aliphatic carbocycles. The zero-order valence-corrected chi connectivity index (χ0v) is 29.4. The fourth-order valence-electron chi connectivity index (χ4n) is 5.02. The number of hydrogen-bond donors (Lipinski definition) is 3. The SMILES string of the molecule is CCCCCCCCN(C(=O)C(C)NC(=O)OC(C)(C)C)C(C(=O)NC(Cc1ccccc1)C(=O)OC(C)(C)C)c1ccc(O)cc1. The Morgan fingerprint density at radius 2 is 1.36 bits per heavy atom. The maximum Gasteiger partial charge on any atom is 0.408 e. The molecule has 0 aliphatic rings. The van der Waals surface area contributed by atoms with E-state index in [4.69, 9.17) is 9.47 Å². The van der Waals surface area contributed by atoms with E-state index in [9.17, 15) is 24.3 Å². The van der Waals surface area contributed by atoms with Crippen LogP contribution in [0.2, 0.25) is 0 Å². The second-order valence-electron chi connectivity index (χ2n) is 13.9. The molecule has 47 heavy (non-hydrogen) atoms. The quantitative estimate of drug-likeness (QED) is 0.137. The summed E-state index contributed by atoms with van der Waals surface area (Å²) in [6.45, 7) is 14.4. The lowest BCUT2D eigenvalue weighted by Gasteiger charge is -2.35. The van der Waals surface area contributed by atoms with Crippen LogP contribution in [0, 0.1) is 0 Å². The Kier molecular flexibility index (Phi) is 15.2. The lowest BCUT2D eigenvalue weighted by molar-refractivity contribution is -0.159. The zero-order valence-electron chi connectivity index (χ0n) is 29.4. The topological polar surface area (TPSA) is 134 Å². The van der Waals surface area contributed by atoms with Gasteiger partial charge in [-0.3, -0.25) is 9.59 Å². The molecule has 3 N–H and O–H groups in total. The van der Waals surface area contributed by atoms with Crippen molar-refractivity contribution in [1.82, 2.24) is 15.5 Å². The van der Waals surface area contributed by atoms with Crippen molar-refractivity contribution >= 4 is 23.9 Å². The third-order valence-electron chi connectivity index (χ3n) is 7.20. The number of nitrogens with zero attached hydrogens (tertiary/aromatic N) is 1. The highest BCUT2D eigenvalue weighted by Crippen LogP contribution is 2.26. The van der Waals surface area contributed by atoms with Crippen molar-refractivity contribution in [1.29, 1.82) is 0 Å². The number of unbranched alkanes of at least 4 members (excludes halogenated alkanes) is 5. The number of rotatable bonds is 16. The van der Waals surface area contributed by atoms with E-state index in [1.54, 1.807) is 60.6 Å². The number of nitrogens with one attached hydrogen (secondary N) is 2. The van der Waals surface area contributed by atoms with Gasteiger partial charge >= 0.3 is 12.1 Å². The van der Waals surface area contributed by atoms with Crippen molar-refractivity contribution in [2.45, 2.75) is 130 Å². The molecule has 0 fully saturated rings. The highest BCUT2D eigenvalue weighted by molar-refractivity contribution is 5.93.